The summed E-state index contributed by atoms with van der Waals surface area (Å²) in [5, 5.41) is -1.80. The van der Waals surface area contributed by atoms with Crippen molar-refractivity contribution in [3.63, 3.8) is 0 Å². The molecule has 0 nitrogen and oxygen atoms in total. The van der Waals surface area contributed by atoms with Gasteiger partial charge in [0.1, 0.15) is 0 Å². The average molecular weight is 532 g/mol. The molecule has 0 fully saturated rings. The zero-order valence-corrected chi connectivity index (χ0v) is 25.1. The Labute approximate surface area is 212 Å². The third kappa shape index (κ3) is 17.9. The van der Waals surface area contributed by atoms with Crippen LogP contribution in [0.15, 0.2) is 0 Å². The number of halogens is 1. The molecule has 2 heteroatoms. The van der Waals surface area contributed by atoms with Crippen LogP contribution in [-0.2, 0) is 0 Å². The molecule has 0 heterocycles. The van der Waals surface area contributed by atoms with E-state index >= 15 is 0 Å². The fourth-order valence-electron chi connectivity index (χ4n) is 5.27. The van der Waals surface area contributed by atoms with Crippen molar-refractivity contribution in [1.29, 1.82) is 0 Å². The van der Waals surface area contributed by atoms with Crippen molar-refractivity contribution in [3.05, 3.63) is 0 Å². The molecule has 0 spiro atoms. The quantitative estimate of drug-likeness (QED) is 0.0624. The Hall–Kier alpha value is 0.470. The molecule has 0 bridgehead atoms. The molecule has 0 saturated heterocycles. The molecule has 0 N–H and O–H groups in total. The molecule has 0 aromatic heterocycles. The second-order valence-electron chi connectivity index (χ2n) is 10.7. The van der Waals surface area contributed by atoms with E-state index in [4.69, 9.17) is 6.42 Å². The Morgan fingerprint density at radius 2 is 0.750 bits per heavy atom. The molecule has 0 aliphatic rings. The van der Waals surface area contributed by atoms with E-state index in [2.05, 4.69) is 42.2 Å². The monoisotopic (exact) mass is 530 g/mol. The summed E-state index contributed by atoms with van der Waals surface area (Å²) >= 11 is 4.67. The van der Waals surface area contributed by atoms with Crippen molar-refractivity contribution in [1.82, 2.24) is 0 Å². The maximum atomic E-state index is 5.57. The molecule has 32 heavy (non-hydrogen) atoms. The molecule has 0 saturated carbocycles. The van der Waals surface area contributed by atoms with Crippen molar-refractivity contribution in [2.45, 2.75) is 156 Å². The minimum atomic E-state index is -1.80. The van der Waals surface area contributed by atoms with Gasteiger partial charge in [0.05, 0.1) is 0 Å². The van der Waals surface area contributed by atoms with Gasteiger partial charge in [-0.3, -0.25) is 0 Å². The van der Waals surface area contributed by atoms with E-state index in [1.165, 1.54) is 153 Å². The Morgan fingerprint density at radius 3 is 1.06 bits per heavy atom. The molecule has 0 aromatic carbocycles. The van der Waals surface area contributed by atoms with E-state index in [-0.39, 0.29) is 0 Å². The van der Waals surface area contributed by atoms with E-state index in [0.717, 1.165) is 6.42 Å². The second-order valence-corrected chi connectivity index (χ2v) is 22.1. The fourth-order valence-corrected chi connectivity index (χ4v) is 13.7. The van der Waals surface area contributed by atoms with E-state index in [0.29, 0.717) is 0 Å². The number of rotatable bonds is 25. The standard InChI is InChI=1S/C30H60BrP/c1-5-9-13-17-20-24-28-32(31,27-23-16-12-8-4,29-25-21-18-14-10-6-2)30-26-22-19-15-11-7-3/h4H,5-7,9-30H2,1-3H3. The first kappa shape index (κ1) is 32.5. The fraction of sp³-hybridized carbons (Fsp3) is 0.933. The molecule has 0 amide bonds. The summed E-state index contributed by atoms with van der Waals surface area (Å²) in [6.45, 7) is 6.96. The maximum absolute atomic E-state index is 5.57. The molecule has 0 aliphatic heterocycles. The van der Waals surface area contributed by atoms with Gasteiger partial charge in [-0.1, -0.05) is 0 Å². The van der Waals surface area contributed by atoms with Gasteiger partial charge in [0.15, 0.2) is 0 Å². The first-order chi connectivity index (χ1) is 15.5. The van der Waals surface area contributed by atoms with Crippen molar-refractivity contribution >= 4 is 20.8 Å². The number of hydrogen-bond acceptors (Lipinski definition) is 0. The zero-order chi connectivity index (χ0) is 23.8. The first-order valence-electron chi connectivity index (χ1n) is 14.7. The summed E-state index contributed by atoms with van der Waals surface area (Å²) in [5.74, 6) is 2.88. The normalized spacial score (nSPS) is 13.0. The van der Waals surface area contributed by atoms with Crippen LogP contribution in [0, 0.1) is 12.3 Å². The van der Waals surface area contributed by atoms with Gasteiger partial charge in [-0.15, -0.1) is 0 Å². The van der Waals surface area contributed by atoms with Gasteiger partial charge in [-0.25, -0.2) is 0 Å². The van der Waals surface area contributed by atoms with E-state index in [9.17, 15) is 0 Å². The van der Waals surface area contributed by atoms with Gasteiger partial charge >= 0.3 is 213 Å². The number of hydrogen-bond donors (Lipinski definition) is 0. The Bertz CT molecular complexity index is 395. The SMILES string of the molecule is C#CCCCCP(Br)(CCCCCCCC)(CCCCCCCC)CCCCCCCC. The predicted octanol–water partition coefficient (Wildman–Crippen LogP) is 11.7. The molecule has 0 unspecified atom stereocenters. The Kier molecular flexibility index (Phi) is 22.3. The number of unbranched alkanes of at least 4 members (excludes halogenated alkanes) is 17. The Balaban J connectivity index is 4.97. The van der Waals surface area contributed by atoms with Crippen LogP contribution >= 0.6 is 20.8 Å². The zero-order valence-electron chi connectivity index (χ0n) is 22.6. The summed E-state index contributed by atoms with van der Waals surface area (Å²) in [4.78, 5) is 0. The van der Waals surface area contributed by atoms with Crippen LogP contribution in [0.1, 0.15) is 156 Å². The Morgan fingerprint density at radius 1 is 0.469 bits per heavy atom. The third-order valence-corrected chi connectivity index (χ3v) is 17.5. The van der Waals surface area contributed by atoms with Gasteiger partial charge < -0.3 is 0 Å². The van der Waals surface area contributed by atoms with Gasteiger partial charge in [-0.05, 0) is 0 Å². The van der Waals surface area contributed by atoms with Crippen molar-refractivity contribution in [3.8, 4) is 12.3 Å². The molecular weight excluding hydrogens is 471 g/mol. The summed E-state index contributed by atoms with van der Waals surface area (Å²) < 4.78 is 0. The molecule has 0 atom stereocenters. The van der Waals surface area contributed by atoms with E-state index in [1.807, 2.05) is 0 Å². The van der Waals surface area contributed by atoms with Crippen LogP contribution < -0.4 is 0 Å². The molecule has 0 radical (unpaired) electrons. The van der Waals surface area contributed by atoms with Crippen LogP contribution in [0.3, 0.4) is 0 Å². The summed E-state index contributed by atoms with van der Waals surface area (Å²) in [6, 6.07) is 0. The molecular formula is C30H60BrP. The minimum absolute atomic E-state index is 0.963. The van der Waals surface area contributed by atoms with Gasteiger partial charge in [0.2, 0.25) is 0 Å². The van der Waals surface area contributed by atoms with Crippen LogP contribution in [0.25, 0.3) is 0 Å². The van der Waals surface area contributed by atoms with Crippen LogP contribution in [-0.4, -0.2) is 24.6 Å². The molecule has 0 aliphatic carbocycles. The number of terminal acetylenes is 1. The third-order valence-electron chi connectivity index (χ3n) is 7.50. The van der Waals surface area contributed by atoms with Crippen LogP contribution in [0.5, 0.6) is 0 Å². The van der Waals surface area contributed by atoms with Gasteiger partial charge in [-0.2, -0.15) is 0 Å². The average Bonchev–Trinajstić information content (AvgIpc) is 2.79. The van der Waals surface area contributed by atoms with Crippen LogP contribution in [0.2, 0.25) is 0 Å². The molecule has 192 valence electrons. The van der Waals surface area contributed by atoms with E-state index in [1.54, 1.807) is 0 Å². The van der Waals surface area contributed by atoms with E-state index < -0.39 is 5.31 Å². The van der Waals surface area contributed by atoms with Gasteiger partial charge in [0, 0.05) is 0 Å². The van der Waals surface area contributed by atoms with Crippen molar-refractivity contribution < 1.29 is 0 Å². The summed E-state index contributed by atoms with van der Waals surface area (Å²) in [6.07, 6.45) is 40.7. The van der Waals surface area contributed by atoms with Crippen LogP contribution in [0.4, 0.5) is 0 Å². The van der Waals surface area contributed by atoms with Crippen molar-refractivity contribution in [2.75, 3.05) is 24.6 Å². The summed E-state index contributed by atoms with van der Waals surface area (Å²) in [5.41, 5.74) is 0. The second kappa shape index (κ2) is 22.0. The van der Waals surface area contributed by atoms with Crippen molar-refractivity contribution in [2.24, 2.45) is 0 Å². The molecule has 0 aromatic rings. The molecule has 0 rings (SSSR count). The first-order valence-corrected chi connectivity index (χ1v) is 19.7. The topological polar surface area (TPSA) is 0 Å². The van der Waals surface area contributed by atoms with Gasteiger partial charge in [0.25, 0.3) is 0 Å². The predicted molar refractivity (Wildman–Crippen MR) is 158 cm³/mol. The summed E-state index contributed by atoms with van der Waals surface area (Å²) in [7, 11) is 0.